The maximum Gasteiger partial charge on any atom is 0.540 e. The van der Waals surface area contributed by atoms with E-state index in [2.05, 4.69) is 25.9 Å². The van der Waals surface area contributed by atoms with Crippen molar-refractivity contribution in [1.29, 1.82) is 0 Å². The van der Waals surface area contributed by atoms with Gasteiger partial charge < -0.3 is 35.1 Å². The van der Waals surface area contributed by atoms with E-state index in [9.17, 15) is 33.8 Å². The van der Waals surface area contributed by atoms with Crippen LogP contribution in [0.5, 0.6) is 0 Å². The second-order valence-electron chi connectivity index (χ2n) is 11.1. The van der Waals surface area contributed by atoms with Crippen LogP contribution in [-0.4, -0.2) is 115 Å². The fourth-order valence-corrected chi connectivity index (χ4v) is 6.41. The molecule has 0 fully saturated rings. The third-order valence-corrected chi connectivity index (χ3v) is 9.74. The number of nitrogens with one attached hydrogen (secondary N) is 3. The Kier molecular flexibility index (Phi) is 21.0. The molecule has 267 valence electrons. The maximum absolute atomic E-state index is 13.5. The summed E-state index contributed by atoms with van der Waals surface area (Å²) in [4.78, 5) is 76.0. The Balaban J connectivity index is 1.93. The standard InChI is InChI=1S/C30H44BN6O9P2S/c1-22(2)20-26(31-46-18-7-15-37(14-6-17-38)16-19-49-29(41)36-30(47(42)43)48(44)45)35-27(39)24(11-10-23-8-4-3-5-9-23)34-28(40)25-21-32-12-13-33-25/h3-5,8-13,21-22,24,26,30,38,42-43H,6-7,14-20H2,1-2H3,(H3-,34,35,36,39,40,41,44,45)/p+1/b11-10+. The molecule has 3 amide bonds. The minimum absolute atomic E-state index is 0.00645. The molecule has 49 heavy (non-hydrogen) atoms. The van der Waals surface area contributed by atoms with Gasteiger partial charge in [-0.05, 0) is 35.3 Å². The van der Waals surface area contributed by atoms with E-state index in [0.717, 1.165) is 17.3 Å². The van der Waals surface area contributed by atoms with Gasteiger partial charge >= 0.3 is 21.0 Å². The molecule has 0 aliphatic carbocycles. The number of rotatable bonds is 23. The van der Waals surface area contributed by atoms with Crippen LogP contribution in [0.4, 0.5) is 4.79 Å². The van der Waals surface area contributed by atoms with Crippen LogP contribution in [0.25, 0.3) is 6.08 Å². The van der Waals surface area contributed by atoms with Crippen LogP contribution < -0.4 is 16.0 Å². The van der Waals surface area contributed by atoms with E-state index in [1.54, 1.807) is 19.6 Å². The molecule has 2 aromatic rings. The Labute approximate surface area is 293 Å². The minimum Gasteiger partial charge on any atom is -0.438 e. The maximum atomic E-state index is 13.5. The Hall–Kier alpha value is -2.85. The van der Waals surface area contributed by atoms with Gasteiger partial charge in [0.1, 0.15) is 11.7 Å². The van der Waals surface area contributed by atoms with Crippen molar-refractivity contribution in [2.75, 3.05) is 38.6 Å². The number of amides is 3. The molecule has 1 aromatic heterocycles. The molecule has 19 heteroatoms. The molecule has 0 bridgehead atoms. The molecule has 1 heterocycles. The zero-order chi connectivity index (χ0) is 36.0. The smallest absolute Gasteiger partial charge is 0.438 e. The summed E-state index contributed by atoms with van der Waals surface area (Å²) in [7, 11) is -4.22. The fraction of sp³-hybridized carbons (Fsp3) is 0.500. The lowest BCUT2D eigenvalue weighted by atomic mass is 9.81. The van der Waals surface area contributed by atoms with E-state index < -0.39 is 51.0 Å². The second kappa shape index (κ2) is 24.3. The average Bonchev–Trinajstić information content (AvgIpc) is 3.07. The highest BCUT2D eigenvalue weighted by molar-refractivity contribution is 8.13. The van der Waals surface area contributed by atoms with Crippen molar-refractivity contribution in [2.45, 2.75) is 50.6 Å². The number of hydrogen-bond acceptors (Lipinski definition) is 12. The molecule has 15 nitrogen and oxygen atoms in total. The van der Waals surface area contributed by atoms with Crippen LogP contribution >= 0.6 is 28.2 Å². The largest absolute Gasteiger partial charge is 0.540 e. The lowest BCUT2D eigenvalue weighted by Crippen LogP contribution is -2.51. The Bertz CT molecular complexity index is 1320. The minimum atomic E-state index is -2.99. The van der Waals surface area contributed by atoms with Gasteiger partial charge in [0.05, 0.1) is 6.20 Å². The highest BCUT2D eigenvalue weighted by Crippen LogP contribution is 2.42. The van der Waals surface area contributed by atoms with E-state index in [1.165, 1.54) is 18.6 Å². The van der Waals surface area contributed by atoms with Crippen molar-refractivity contribution in [2.24, 2.45) is 5.92 Å². The predicted molar refractivity (Wildman–Crippen MR) is 191 cm³/mol. The Morgan fingerprint density at radius 1 is 1.08 bits per heavy atom. The molecular weight excluding hydrogens is 693 g/mol. The van der Waals surface area contributed by atoms with E-state index in [0.29, 0.717) is 51.3 Å². The van der Waals surface area contributed by atoms with Gasteiger partial charge in [-0.3, -0.25) is 24.7 Å². The number of aliphatic hydroxyl groups excluding tert-OH is 1. The second-order valence-corrected chi connectivity index (χ2v) is 14.9. The number of carbonyl (C=O) groups is 3. The van der Waals surface area contributed by atoms with Crippen LogP contribution in [0.15, 0.2) is 55.0 Å². The number of carbonyl (C=O) groups excluding carboxylic acids is 3. The first-order chi connectivity index (χ1) is 23.5. The quantitative estimate of drug-likeness (QED) is 0.0495. The van der Waals surface area contributed by atoms with Crippen molar-refractivity contribution in [3.05, 3.63) is 66.3 Å². The van der Waals surface area contributed by atoms with Crippen LogP contribution in [0.2, 0.25) is 0 Å². The fourth-order valence-electron chi connectivity index (χ4n) is 4.33. The lowest BCUT2D eigenvalue weighted by molar-refractivity contribution is -0.122. The van der Waals surface area contributed by atoms with Gasteiger partial charge in [0.25, 0.3) is 11.1 Å². The number of hydrogen-bond donors (Lipinski definition) is 7. The molecule has 0 saturated carbocycles. The van der Waals surface area contributed by atoms with Gasteiger partial charge in [0.2, 0.25) is 14.3 Å². The molecule has 0 aliphatic heterocycles. The summed E-state index contributed by atoms with van der Waals surface area (Å²) in [5.41, 5.74) is -0.687. The van der Waals surface area contributed by atoms with Gasteiger partial charge in [-0.1, -0.05) is 68.1 Å². The lowest BCUT2D eigenvalue weighted by Gasteiger charge is -2.24. The highest BCUT2D eigenvalue weighted by atomic mass is 32.2. The Morgan fingerprint density at radius 3 is 2.45 bits per heavy atom. The van der Waals surface area contributed by atoms with Gasteiger partial charge in [0.15, 0.2) is 0 Å². The first-order valence-electron chi connectivity index (χ1n) is 15.6. The van der Waals surface area contributed by atoms with Crippen molar-refractivity contribution in [3.63, 3.8) is 0 Å². The molecule has 1 aromatic carbocycles. The van der Waals surface area contributed by atoms with E-state index in [-0.39, 0.29) is 18.2 Å². The first kappa shape index (κ1) is 42.3. The number of benzene rings is 1. The molecule has 4 atom stereocenters. The molecule has 0 spiro atoms. The molecule has 4 unspecified atom stereocenters. The van der Waals surface area contributed by atoms with E-state index in [1.807, 2.05) is 49.1 Å². The highest BCUT2D eigenvalue weighted by Gasteiger charge is 2.38. The van der Waals surface area contributed by atoms with Crippen LogP contribution in [0, 0.1) is 5.92 Å². The van der Waals surface area contributed by atoms with Crippen molar-refractivity contribution in [1.82, 2.24) is 30.8 Å². The number of nitrogens with zero attached hydrogens (tertiary/aromatic N) is 3. The molecule has 2 rings (SSSR count). The molecule has 0 aliphatic rings. The first-order valence-corrected chi connectivity index (χ1v) is 19.2. The normalized spacial score (nSPS) is 13.7. The third-order valence-electron chi connectivity index (χ3n) is 6.64. The monoisotopic (exact) mass is 738 g/mol. The van der Waals surface area contributed by atoms with Crippen LogP contribution in [0.3, 0.4) is 0 Å². The van der Waals surface area contributed by atoms with Crippen molar-refractivity contribution >= 4 is 58.8 Å². The molecule has 1 radical (unpaired) electrons. The van der Waals surface area contributed by atoms with Gasteiger partial charge in [-0.2, -0.15) is 4.89 Å². The van der Waals surface area contributed by atoms with Gasteiger partial charge in [-0.15, -0.1) is 0 Å². The summed E-state index contributed by atoms with van der Waals surface area (Å²) in [6.45, 7) is 5.98. The van der Waals surface area contributed by atoms with E-state index in [4.69, 9.17) is 9.55 Å². The zero-order valence-electron chi connectivity index (χ0n) is 27.5. The van der Waals surface area contributed by atoms with Crippen molar-refractivity contribution in [3.8, 4) is 0 Å². The van der Waals surface area contributed by atoms with Crippen molar-refractivity contribution < 1.29 is 43.4 Å². The van der Waals surface area contributed by atoms with Crippen LogP contribution in [-0.2, 0) is 14.0 Å². The average molecular weight is 739 g/mol. The Morgan fingerprint density at radius 2 is 1.82 bits per heavy atom. The third kappa shape index (κ3) is 18.1. The topological polar surface area (TPSA) is 224 Å². The summed E-state index contributed by atoms with van der Waals surface area (Å²) in [5, 5.41) is 16.5. The summed E-state index contributed by atoms with van der Waals surface area (Å²) in [6.07, 6.45) is 9.23. The summed E-state index contributed by atoms with van der Waals surface area (Å²) in [5.74, 6) is -0.892. The summed E-state index contributed by atoms with van der Waals surface area (Å²) >= 11 is 0.846. The summed E-state index contributed by atoms with van der Waals surface area (Å²) < 4.78 is 17.1. The number of aliphatic hydroxyl groups is 1. The van der Waals surface area contributed by atoms with E-state index >= 15 is 0 Å². The number of thioether (sulfide) groups is 1. The number of aromatic nitrogens is 2. The van der Waals surface area contributed by atoms with Gasteiger partial charge in [0, 0.05) is 56.9 Å². The zero-order valence-corrected chi connectivity index (χ0v) is 30.1. The molecular formula is C30H45BN6O9P2S+. The molecule has 7 N–H and O–H groups in total. The predicted octanol–water partition coefficient (Wildman–Crippen LogP) is 2.24. The van der Waals surface area contributed by atoms with Gasteiger partial charge in [-0.25, -0.2) is 4.98 Å². The van der Waals surface area contributed by atoms with Crippen LogP contribution in [0.1, 0.15) is 49.2 Å². The summed E-state index contributed by atoms with van der Waals surface area (Å²) in [6, 6.07) is 8.37. The SMILES string of the molecule is CC(C)CC([B]OCCCN(CCCO)CCSC(=O)NC(P(O)O)[P+](=O)O)NC(=O)C(/C=C/c1ccccc1)NC(=O)c1cnccn1. The molecule has 0 saturated heterocycles.